The van der Waals surface area contributed by atoms with Crippen LogP contribution in [-0.4, -0.2) is 16.1 Å². The fourth-order valence-corrected chi connectivity index (χ4v) is 3.86. The maximum atomic E-state index is 11.7. The lowest BCUT2D eigenvalue weighted by Crippen LogP contribution is -2.17. The summed E-state index contributed by atoms with van der Waals surface area (Å²) < 4.78 is 5.89. The highest BCUT2D eigenvalue weighted by Crippen LogP contribution is 2.29. The first-order valence-corrected chi connectivity index (χ1v) is 9.44. The zero-order valence-electron chi connectivity index (χ0n) is 15.5. The standard InChI is InChI=1S/C22H16N2O3S/c1-12-6-13(2)18(14(3)7-12)5-4-15-10-23-11-16-8-17(27-20(15)16)9-19-21(25)24-22(26)28-19/h6-11H,1-3H3,(H,24,25,26)/b19-9+. The molecule has 0 atom stereocenters. The van der Waals surface area contributed by atoms with E-state index in [0.29, 0.717) is 21.8 Å². The molecule has 3 heterocycles. The molecule has 5 nitrogen and oxygen atoms in total. The molecule has 0 saturated carbocycles. The molecule has 0 spiro atoms. The molecule has 0 bridgehead atoms. The minimum Gasteiger partial charge on any atom is -0.455 e. The van der Waals surface area contributed by atoms with Crippen molar-refractivity contribution in [2.45, 2.75) is 20.8 Å². The van der Waals surface area contributed by atoms with Crippen LogP contribution in [0.15, 0.2) is 39.9 Å². The second kappa shape index (κ2) is 7.02. The number of furan rings is 1. The summed E-state index contributed by atoms with van der Waals surface area (Å²) in [7, 11) is 0. The number of carbonyl (C=O) groups excluding carboxylic acids is 2. The fraction of sp³-hybridized carbons (Fsp3) is 0.136. The molecule has 1 fully saturated rings. The summed E-state index contributed by atoms with van der Waals surface area (Å²) in [4.78, 5) is 27.6. The molecule has 138 valence electrons. The van der Waals surface area contributed by atoms with Crippen molar-refractivity contribution in [1.82, 2.24) is 10.3 Å². The van der Waals surface area contributed by atoms with Crippen molar-refractivity contribution in [2.75, 3.05) is 0 Å². The number of aryl methyl sites for hydroxylation is 3. The number of nitrogens with one attached hydrogen (secondary N) is 1. The highest BCUT2D eigenvalue weighted by molar-refractivity contribution is 8.18. The quantitative estimate of drug-likeness (QED) is 0.492. The number of hydrogen-bond acceptors (Lipinski definition) is 5. The van der Waals surface area contributed by atoms with Crippen molar-refractivity contribution in [3.63, 3.8) is 0 Å². The molecule has 1 aliphatic rings. The van der Waals surface area contributed by atoms with Crippen LogP contribution in [0.5, 0.6) is 0 Å². The van der Waals surface area contributed by atoms with Gasteiger partial charge in [-0.05, 0) is 49.7 Å². The van der Waals surface area contributed by atoms with Crippen LogP contribution in [0, 0.1) is 32.6 Å². The van der Waals surface area contributed by atoms with Gasteiger partial charge in [0.05, 0.1) is 10.5 Å². The Bertz CT molecular complexity index is 1220. The van der Waals surface area contributed by atoms with Gasteiger partial charge in [0.15, 0.2) is 5.58 Å². The number of carbonyl (C=O) groups is 2. The predicted octanol–water partition coefficient (Wildman–Crippen LogP) is 4.48. The van der Waals surface area contributed by atoms with E-state index in [2.05, 4.69) is 41.2 Å². The second-order valence-corrected chi connectivity index (χ2v) is 7.64. The van der Waals surface area contributed by atoms with Crippen molar-refractivity contribution in [3.8, 4) is 11.8 Å². The highest BCUT2D eigenvalue weighted by atomic mass is 32.2. The molecular formula is C22H16N2O3S. The maximum Gasteiger partial charge on any atom is 0.290 e. The Morgan fingerprint density at radius 3 is 2.50 bits per heavy atom. The lowest BCUT2D eigenvalue weighted by Gasteiger charge is -2.04. The molecule has 1 N–H and O–H groups in total. The largest absolute Gasteiger partial charge is 0.455 e. The summed E-state index contributed by atoms with van der Waals surface area (Å²) in [5.41, 5.74) is 5.73. The van der Waals surface area contributed by atoms with Crippen LogP contribution in [0.25, 0.3) is 17.0 Å². The van der Waals surface area contributed by atoms with Gasteiger partial charge in [-0.15, -0.1) is 0 Å². The zero-order chi connectivity index (χ0) is 19.8. The van der Waals surface area contributed by atoms with Gasteiger partial charge in [0.1, 0.15) is 5.76 Å². The van der Waals surface area contributed by atoms with E-state index in [1.54, 1.807) is 24.5 Å². The maximum absolute atomic E-state index is 11.7. The van der Waals surface area contributed by atoms with Crippen molar-refractivity contribution >= 4 is 40.0 Å². The first-order chi connectivity index (χ1) is 13.4. The Kier molecular flexibility index (Phi) is 4.54. The summed E-state index contributed by atoms with van der Waals surface area (Å²) in [6.07, 6.45) is 4.90. The van der Waals surface area contributed by atoms with Crippen molar-refractivity contribution in [2.24, 2.45) is 0 Å². The number of amides is 2. The van der Waals surface area contributed by atoms with Crippen LogP contribution in [0.2, 0.25) is 0 Å². The Balaban J connectivity index is 1.75. The molecule has 0 radical (unpaired) electrons. The smallest absolute Gasteiger partial charge is 0.290 e. The number of fused-ring (bicyclic) bond motifs is 1. The van der Waals surface area contributed by atoms with E-state index in [1.165, 1.54) is 5.56 Å². The van der Waals surface area contributed by atoms with Crippen LogP contribution in [-0.2, 0) is 4.79 Å². The molecule has 2 aromatic heterocycles. The first-order valence-electron chi connectivity index (χ1n) is 8.63. The summed E-state index contributed by atoms with van der Waals surface area (Å²) >= 11 is 0.852. The van der Waals surface area contributed by atoms with Gasteiger partial charge in [-0.25, -0.2) is 0 Å². The van der Waals surface area contributed by atoms with Gasteiger partial charge in [0.2, 0.25) is 0 Å². The van der Waals surface area contributed by atoms with Crippen LogP contribution in [0.3, 0.4) is 0 Å². The fourth-order valence-electron chi connectivity index (χ4n) is 3.20. The van der Waals surface area contributed by atoms with Crippen LogP contribution >= 0.6 is 11.8 Å². The summed E-state index contributed by atoms with van der Waals surface area (Å²) in [6.45, 7) is 6.16. The number of nitrogens with zero attached hydrogens (tertiary/aromatic N) is 1. The summed E-state index contributed by atoms with van der Waals surface area (Å²) in [5.74, 6) is 6.45. The molecule has 6 heteroatoms. The van der Waals surface area contributed by atoms with Crippen LogP contribution in [0.1, 0.15) is 33.6 Å². The van der Waals surface area contributed by atoms with Crippen LogP contribution < -0.4 is 5.32 Å². The van der Waals surface area contributed by atoms with Crippen molar-refractivity contribution in [3.05, 3.63) is 69.1 Å². The molecule has 0 aliphatic carbocycles. The average Bonchev–Trinajstić information content (AvgIpc) is 3.16. The second-order valence-electron chi connectivity index (χ2n) is 6.63. The Morgan fingerprint density at radius 1 is 1.07 bits per heavy atom. The third kappa shape index (κ3) is 3.45. The zero-order valence-corrected chi connectivity index (χ0v) is 16.4. The normalized spacial score (nSPS) is 15.0. The van der Waals surface area contributed by atoms with Gasteiger partial charge >= 0.3 is 0 Å². The minimum absolute atomic E-state index is 0.301. The summed E-state index contributed by atoms with van der Waals surface area (Å²) in [5, 5.41) is 2.62. The Labute approximate surface area is 166 Å². The monoisotopic (exact) mass is 388 g/mol. The molecule has 3 aromatic rings. The number of hydrogen-bond donors (Lipinski definition) is 1. The lowest BCUT2D eigenvalue weighted by molar-refractivity contribution is -0.115. The van der Waals surface area contributed by atoms with E-state index in [0.717, 1.165) is 33.8 Å². The third-order valence-corrected chi connectivity index (χ3v) is 5.17. The molecular weight excluding hydrogens is 372 g/mol. The van der Waals surface area contributed by atoms with E-state index in [1.807, 2.05) is 13.8 Å². The van der Waals surface area contributed by atoms with E-state index in [9.17, 15) is 9.59 Å². The molecule has 1 aliphatic heterocycles. The predicted molar refractivity (Wildman–Crippen MR) is 110 cm³/mol. The number of aromatic nitrogens is 1. The third-order valence-electron chi connectivity index (χ3n) is 4.36. The number of pyridine rings is 1. The van der Waals surface area contributed by atoms with E-state index >= 15 is 0 Å². The van der Waals surface area contributed by atoms with Crippen molar-refractivity contribution < 1.29 is 14.0 Å². The van der Waals surface area contributed by atoms with Gasteiger partial charge < -0.3 is 4.42 Å². The number of benzene rings is 1. The number of rotatable bonds is 1. The average molecular weight is 388 g/mol. The van der Waals surface area contributed by atoms with E-state index in [-0.39, 0.29) is 5.24 Å². The molecule has 1 saturated heterocycles. The molecule has 4 rings (SSSR count). The topological polar surface area (TPSA) is 72.2 Å². The first kappa shape index (κ1) is 18.1. The van der Waals surface area contributed by atoms with Gasteiger partial charge in [0, 0.05) is 29.4 Å². The highest BCUT2D eigenvalue weighted by Gasteiger charge is 2.25. The summed E-state index contributed by atoms with van der Waals surface area (Å²) in [6, 6.07) is 6.00. The van der Waals surface area contributed by atoms with Gasteiger partial charge in [0.25, 0.3) is 11.1 Å². The van der Waals surface area contributed by atoms with E-state index < -0.39 is 5.91 Å². The minimum atomic E-state index is -0.418. The SMILES string of the molecule is Cc1cc(C)c(C#Cc2cncc3cc(/C=C4/SC(=O)NC4=O)oc23)c(C)c1. The number of imide groups is 1. The van der Waals surface area contributed by atoms with Gasteiger partial charge in [-0.1, -0.05) is 29.5 Å². The molecule has 0 unspecified atom stereocenters. The Morgan fingerprint density at radius 2 is 1.82 bits per heavy atom. The van der Waals surface area contributed by atoms with Crippen LogP contribution in [0.4, 0.5) is 4.79 Å². The lowest BCUT2D eigenvalue weighted by atomic mass is 10.00. The van der Waals surface area contributed by atoms with Gasteiger partial charge in [-0.2, -0.15) is 0 Å². The Hall–Kier alpha value is -3.30. The van der Waals surface area contributed by atoms with Crippen molar-refractivity contribution in [1.29, 1.82) is 0 Å². The molecule has 2 amide bonds. The molecule has 28 heavy (non-hydrogen) atoms. The van der Waals surface area contributed by atoms with Gasteiger partial charge in [-0.3, -0.25) is 19.9 Å². The van der Waals surface area contributed by atoms with E-state index in [4.69, 9.17) is 4.42 Å². The molecule has 1 aromatic carbocycles. The number of thioether (sulfide) groups is 1.